The van der Waals surface area contributed by atoms with E-state index < -0.39 is 0 Å². The minimum Gasteiger partial charge on any atom is -0.463 e. The average molecular weight is 340 g/mol. The zero-order valence-electron chi connectivity index (χ0n) is 13.3. The summed E-state index contributed by atoms with van der Waals surface area (Å²) in [6.07, 6.45) is 5.07. The van der Waals surface area contributed by atoms with Crippen LogP contribution in [-0.2, 0) is 0 Å². The van der Waals surface area contributed by atoms with Crippen molar-refractivity contribution in [2.45, 2.75) is 19.3 Å². The summed E-state index contributed by atoms with van der Waals surface area (Å²) in [5.41, 5.74) is 3.51. The zero-order chi connectivity index (χ0) is 16.5. The Morgan fingerprint density at radius 3 is 2.46 bits per heavy atom. The van der Waals surface area contributed by atoms with E-state index in [1.54, 1.807) is 6.26 Å². The molecule has 0 atom stereocenters. The summed E-state index contributed by atoms with van der Waals surface area (Å²) in [7, 11) is 0. The van der Waals surface area contributed by atoms with Gasteiger partial charge < -0.3 is 9.32 Å². The molecule has 4 rings (SSSR count). The highest BCUT2D eigenvalue weighted by Gasteiger charge is 2.18. The van der Waals surface area contributed by atoms with Crippen molar-refractivity contribution < 1.29 is 9.21 Å². The Labute approximate surface area is 145 Å². The number of rotatable bonds is 2. The molecule has 1 aromatic heterocycles. The van der Waals surface area contributed by atoms with Gasteiger partial charge in [-0.3, -0.25) is 4.79 Å². The Morgan fingerprint density at radius 1 is 0.958 bits per heavy atom. The van der Waals surface area contributed by atoms with Crippen molar-refractivity contribution in [1.82, 2.24) is 4.90 Å². The van der Waals surface area contributed by atoms with Gasteiger partial charge in [-0.1, -0.05) is 23.7 Å². The number of halogens is 1. The van der Waals surface area contributed by atoms with E-state index in [2.05, 4.69) is 0 Å². The largest absolute Gasteiger partial charge is 0.463 e. The fourth-order valence-corrected chi connectivity index (χ4v) is 3.56. The number of carbonyl (C=O) groups excluding carboxylic acids is 1. The molecule has 4 heteroatoms. The molecule has 1 aliphatic rings. The van der Waals surface area contributed by atoms with Crippen LogP contribution in [0.4, 0.5) is 0 Å². The second-order valence-electron chi connectivity index (χ2n) is 6.23. The molecule has 2 aromatic carbocycles. The highest BCUT2D eigenvalue weighted by atomic mass is 35.5. The molecule has 3 aromatic rings. The number of hydrogen-bond donors (Lipinski definition) is 0. The highest BCUT2D eigenvalue weighted by molar-refractivity contribution is 6.35. The molecule has 0 unspecified atom stereocenters. The smallest absolute Gasteiger partial charge is 0.253 e. The molecule has 0 N–H and O–H groups in total. The molecule has 0 bridgehead atoms. The van der Waals surface area contributed by atoms with Crippen LogP contribution in [0.25, 0.3) is 22.1 Å². The lowest BCUT2D eigenvalue weighted by Gasteiger charge is -2.26. The van der Waals surface area contributed by atoms with E-state index in [0.717, 1.165) is 48.0 Å². The van der Waals surface area contributed by atoms with E-state index in [4.69, 9.17) is 16.0 Å². The van der Waals surface area contributed by atoms with Crippen LogP contribution < -0.4 is 0 Å². The summed E-state index contributed by atoms with van der Waals surface area (Å²) in [6, 6.07) is 13.6. The van der Waals surface area contributed by atoms with Crippen LogP contribution in [-0.4, -0.2) is 23.9 Å². The van der Waals surface area contributed by atoms with Crippen molar-refractivity contribution in [3.05, 3.63) is 59.3 Å². The second kappa shape index (κ2) is 6.33. The summed E-state index contributed by atoms with van der Waals surface area (Å²) in [5, 5.41) is 1.58. The summed E-state index contributed by atoms with van der Waals surface area (Å²) in [6.45, 7) is 1.74. The lowest BCUT2D eigenvalue weighted by Crippen LogP contribution is -2.35. The molecule has 2 heterocycles. The van der Waals surface area contributed by atoms with Gasteiger partial charge in [-0.25, -0.2) is 0 Å². The van der Waals surface area contributed by atoms with Gasteiger partial charge in [0, 0.05) is 24.0 Å². The average Bonchev–Trinajstić information content (AvgIpc) is 3.11. The number of fused-ring (bicyclic) bond motifs is 1. The normalized spacial score (nSPS) is 15.0. The Bertz CT molecular complexity index is 876. The first-order valence-corrected chi connectivity index (χ1v) is 8.67. The quantitative estimate of drug-likeness (QED) is 0.628. The fraction of sp³-hybridized carbons (Fsp3) is 0.250. The lowest BCUT2D eigenvalue weighted by atomic mass is 10.0. The van der Waals surface area contributed by atoms with E-state index in [1.165, 1.54) is 6.42 Å². The van der Waals surface area contributed by atoms with Crippen molar-refractivity contribution in [2.75, 3.05) is 13.1 Å². The molecule has 3 nitrogen and oxygen atoms in total. The molecule has 1 aliphatic heterocycles. The summed E-state index contributed by atoms with van der Waals surface area (Å²) in [4.78, 5) is 14.5. The summed E-state index contributed by atoms with van der Waals surface area (Å²) < 4.78 is 5.38. The number of furan rings is 1. The third-order valence-electron chi connectivity index (χ3n) is 4.61. The number of piperidine rings is 1. The van der Waals surface area contributed by atoms with Gasteiger partial charge in [0.2, 0.25) is 0 Å². The van der Waals surface area contributed by atoms with Gasteiger partial charge in [0.25, 0.3) is 5.91 Å². The first kappa shape index (κ1) is 15.3. The lowest BCUT2D eigenvalue weighted by molar-refractivity contribution is 0.0724. The minimum absolute atomic E-state index is 0.129. The molecule has 0 saturated carbocycles. The number of likely N-dealkylation sites (tertiary alicyclic amines) is 1. The number of carbonyl (C=O) groups is 1. The van der Waals surface area contributed by atoms with Crippen LogP contribution in [0.2, 0.25) is 5.02 Å². The third-order valence-corrected chi connectivity index (χ3v) is 4.90. The molecular formula is C20H18ClNO2. The minimum atomic E-state index is 0.129. The van der Waals surface area contributed by atoms with Gasteiger partial charge in [-0.05, 0) is 60.7 Å². The monoisotopic (exact) mass is 339 g/mol. The van der Waals surface area contributed by atoms with E-state index in [1.807, 2.05) is 47.4 Å². The maximum Gasteiger partial charge on any atom is 0.253 e. The Balaban J connectivity index is 1.61. The van der Waals surface area contributed by atoms with E-state index in [-0.39, 0.29) is 5.91 Å². The Morgan fingerprint density at radius 2 is 1.71 bits per heavy atom. The van der Waals surface area contributed by atoms with Crippen LogP contribution >= 0.6 is 11.6 Å². The van der Waals surface area contributed by atoms with E-state index in [0.29, 0.717) is 10.6 Å². The summed E-state index contributed by atoms with van der Waals surface area (Å²) in [5.74, 6) is 0.129. The van der Waals surface area contributed by atoms with Gasteiger partial charge in [0.15, 0.2) is 5.58 Å². The predicted octanol–water partition coefficient (Wildman–Crippen LogP) is 5.38. The zero-order valence-corrected chi connectivity index (χ0v) is 14.1. The number of amides is 1. The molecule has 122 valence electrons. The fourth-order valence-electron chi connectivity index (χ4n) is 3.29. The molecule has 1 amide bonds. The van der Waals surface area contributed by atoms with Crippen molar-refractivity contribution in [3.63, 3.8) is 0 Å². The standard InChI is InChI=1S/C20H18ClNO2/c21-18-13-17(12-16-8-11-24-19(16)18)14-4-6-15(7-5-14)20(23)22-9-2-1-3-10-22/h4-8,11-13H,1-3,9-10H2. The highest BCUT2D eigenvalue weighted by Crippen LogP contribution is 2.31. The molecule has 0 radical (unpaired) electrons. The topological polar surface area (TPSA) is 33.5 Å². The van der Waals surface area contributed by atoms with Crippen molar-refractivity contribution >= 4 is 28.5 Å². The Kier molecular flexibility index (Phi) is 4.03. The second-order valence-corrected chi connectivity index (χ2v) is 6.63. The summed E-state index contributed by atoms with van der Waals surface area (Å²) >= 11 is 6.28. The van der Waals surface area contributed by atoms with Crippen molar-refractivity contribution in [1.29, 1.82) is 0 Å². The van der Waals surface area contributed by atoms with E-state index in [9.17, 15) is 4.79 Å². The van der Waals surface area contributed by atoms with Crippen LogP contribution in [0.3, 0.4) is 0 Å². The third kappa shape index (κ3) is 2.80. The van der Waals surface area contributed by atoms with Crippen molar-refractivity contribution in [3.8, 4) is 11.1 Å². The molecule has 1 fully saturated rings. The van der Waals surface area contributed by atoms with Crippen LogP contribution in [0.1, 0.15) is 29.6 Å². The van der Waals surface area contributed by atoms with Gasteiger partial charge in [0.1, 0.15) is 0 Å². The van der Waals surface area contributed by atoms with E-state index >= 15 is 0 Å². The Hall–Kier alpha value is -2.26. The van der Waals surface area contributed by atoms with Gasteiger partial charge in [-0.2, -0.15) is 0 Å². The molecule has 0 spiro atoms. The predicted molar refractivity (Wildman–Crippen MR) is 96.4 cm³/mol. The molecule has 24 heavy (non-hydrogen) atoms. The van der Waals surface area contributed by atoms with Gasteiger partial charge in [0.05, 0.1) is 11.3 Å². The molecular weight excluding hydrogens is 322 g/mol. The first-order valence-electron chi connectivity index (χ1n) is 8.29. The maximum absolute atomic E-state index is 12.5. The maximum atomic E-state index is 12.5. The SMILES string of the molecule is O=C(c1ccc(-c2cc(Cl)c3occc3c2)cc1)N1CCCCC1. The van der Waals surface area contributed by atoms with Crippen LogP contribution in [0.15, 0.2) is 53.1 Å². The van der Waals surface area contributed by atoms with Crippen molar-refractivity contribution in [2.24, 2.45) is 0 Å². The van der Waals surface area contributed by atoms with Crippen LogP contribution in [0.5, 0.6) is 0 Å². The molecule has 0 aliphatic carbocycles. The number of benzene rings is 2. The number of hydrogen-bond acceptors (Lipinski definition) is 2. The number of nitrogens with zero attached hydrogens (tertiary/aromatic N) is 1. The van der Waals surface area contributed by atoms with Crippen LogP contribution in [0, 0.1) is 0 Å². The molecule has 1 saturated heterocycles. The first-order chi connectivity index (χ1) is 11.7. The van der Waals surface area contributed by atoms with Gasteiger partial charge in [-0.15, -0.1) is 0 Å². The van der Waals surface area contributed by atoms with Gasteiger partial charge >= 0.3 is 0 Å².